The van der Waals surface area contributed by atoms with E-state index in [0.29, 0.717) is 24.1 Å². The van der Waals surface area contributed by atoms with Crippen molar-refractivity contribution in [2.24, 2.45) is 0 Å². The van der Waals surface area contributed by atoms with Crippen molar-refractivity contribution >= 4 is 18.1 Å². The fraction of sp³-hybridized carbons (Fsp3) is 0.286. The summed E-state index contributed by atoms with van der Waals surface area (Å²) >= 11 is 0. The zero-order valence-corrected chi connectivity index (χ0v) is 24.3. The molecule has 9 heteroatoms. The summed E-state index contributed by atoms with van der Waals surface area (Å²) < 4.78 is 54.1. The molecule has 1 fully saturated rings. The van der Waals surface area contributed by atoms with Crippen molar-refractivity contribution in [3.63, 3.8) is 0 Å². The summed E-state index contributed by atoms with van der Waals surface area (Å²) in [6.45, 7) is 1.83. The number of benzene rings is 3. The number of aromatic nitrogens is 2. The number of nitrogens with zero attached hydrogens (tertiary/aromatic N) is 2. The van der Waals surface area contributed by atoms with E-state index in [-0.39, 0.29) is 25.5 Å². The second kappa shape index (κ2) is 13.3. The lowest BCUT2D eigenvalue weighted by Gasteiger charge is -2.32. The minimum atomic E-state index is -4.50. The van der Waals surface area contributed by atoms with Crippen LogP contribution in [0.25, 0.3) is 12.2 Å². The lowest BCUT2D eigenvalue weighted by molar-refractivity contribution is -0.137. The molecule has 1 aromatic heterocycles. The van der Waals surface area contributed by atoms with E-state index in [1.54, 1.807) is 25.1 Å². The number of hydrogen-bond donors (Lipinski definition) is 0. The van der Waals surface area contributed by atoms with Crippen molar-refractivity contribution in [3.05, 3.63) is 129 Å². The summed E-state index contributed by atoms with van der Waals surface area (Å²) in [6, 6.07) is 24.1. The van der Waals surface area contributed by atoms with E-state index in [4.69, 9.17) is 9.47 Å². The highest BCUT2D eigenvalue weighted by atomic mass is 19.4. The molecule has 0 atom stereocenters. The lowest BCUT2D eigenvalue weighted by atomic mass is 9.78. The molecule has 4 aromatic rings. The van der Waals surface area contributed by atoms with E-state index < -0.39 is 34.2 Å². The largest absolute Gasteiger partial charge is 0.483 e. The van der Waals surface area contributed by atoms with Crippen LogP contribution in [0, 0.1) is 0 Å². The van der Waals surface area contributed by atoms with Crippen molar-refractivity contribution in [1.82, 2.24) is 9.78 Å². The number of hydrogen-bond acceptors (Lipinski definition) is 5. The van der Waals surface area contributed by atoms with Crippen molar-refractivity contribution in [3.8, 4) is 5.75 Å². The minimum Gasteiger partial charge on any atom is -0.483 e. The second-order valence-electron chi connectivity index (χ2n) is 10.9. The third-order valence-corrected chi connectivity index (χ3v) is 7.90. The van der Waals surface area contributed by atoms with Gasteiger partial charge in [-0.05, 0) is 48.6 Å². The van der Waals surface area contributed by atoms with Gasteiger partial charge < -0.3 is 9.47 Å². The summed E-state index contributed by atoms with van der Waals surface area (Å²) in [5, 5.41) is 4.50. The number of esters is 1. The van der Waals surface area contributed by atoms with Gasteiger partial charge in [0.2, 0.25) is 5.69 Å². The number of alkyl halides is 3. The van der Waals surface area contributed by atoms with Crippen LogP contribution in [-0.4, -0.2) is 22.4 Å². The smallest absolute Gasteiger partial charge is 0.416 e. The van der Waals surface area contributed by atoms with Gasteiger partial charge in [0.1, 0.15) is 12.3 Å². The summed E-state index contributed by atoms with van der Waals surface area (Å²) in [4.78, 5) is 26.8. The van der Waals surface area contributed by atoms with Crippen LogP contribution in [0.5, 0.6) is 5.75 Å². The third kappa shape index (κ3) is 6.93. The van der Waals surface area contributed by atoms with Gasteiger partial charge in [-0.2, -0.15) is 18.3 Å². The van der Waals surface area contributed by atoms with Gasteiger partial charge in [-0.3, -0.25) is 9.48 Å². The van der Waals surface area contributed by atoms with Crippen molar-refractivity contribution < 1.29 is 27.4 Å². The molecule has 228 valence electrons. The molecular formula is C35H33F3N2O4. The van der Waals surface area contributed by atoms with E-state index >= 15 is 0 Å². The van der Waals surface area contributed by atoms with Gasteiger partial charge in [-0.25, -0.2) is 4.79 Å². The lowest BCUT2D eigenvalue weighted by Crippen LogP contribution is -2.34. The maximum absolute atomic E-state index is 13.8. The van der Waals surface area contributed by atoms with Crippen LogP contribution in [0.4, 0.5) is 13.2 Å². The molecule has 6 nitrogen and oxygen atoms in total. The molecule has 0 bridgehead atoms. The highest BCUT2D eigenvalue weighted by Gasteiger charge is 2.39. The van der Waals surface area contributed by atoms with Crippen LogP contribution in [0.3, 0.4) is 0 Å². The SMILES string of the molecule is CCOC(=O)c1nn(CC2(c3cccc(C(F)(F)F)c3)CCCC2)c(/C=C/c2ccccc2)c(OCc2ccccc2)c1=O. The Morgan fingerprint density at radius 2 is 1.64 bits per heavy atom. The zero-order chi connectivity index (χ0) is 31.2. The number of rotatable bonds is 10. The van der Waals surface area contributed by atoms with Crippen molar-refractivity contribution in [1.29, 1.82) is 0 Å². The van der Waals surface area contributed by atoms with Gasteiger partial charge in [0.05, 0.1) is 18.7 Å². The van der Waals surface area contributed by atoms with Gasteiger partial charge >= 0.3 is 12.1 Å². The molecule has 0 saturated heterocycles. The maximum Gasteiger partial charge on any atom is 0.416 e. The molecule has 0 radical (unpaired) electrons. The molecular weight excluding hydrogens is 569 g/mol. The monoisotopic (exact) mass is 602 g/mol. The molecule has 1 aliphatic rings. The molecule has 0 N–H and O–H groups in total. The van der Waals surface area contributed by atoms with Crippen LogP contribution in [-0.2, 0) is 29.5 Å². The summed E-state index contributed by atoms with van der Waals surface area (Å²) in [7, 11) is 0. The molecule has 44 heavy (non-hydrogen) atoms. The van der Waals surface area contributed by atoms with E-state index in [2.05, 4.69) is 5.10 Å². The number of ether oxygens (including phenoxy) is 2. The van der Waals surface area contributed by atoms with E-state index in [0.717, 1.165) is 30.0 Å². The molecule has 1 aliphatic carbocycles. The Morgan fingerprint density at radius 3 is 2.30 bits per heavy atom. The Kier molecular flexibility index (Phi) is 9.32. The highest BCUT2D eigenvalue weighted by molar-refractivity contribution is 5.88. The Bertz CT molecular complexity index is 1680. The van der Waals surface area contributed by atoms with Crippen LogP contribution in [0.2, 0.25) is 0 Å². The van der Waals surface area contributed by atoms with E-state index in [9.17, 15) is 22.8 Å². The fourth-order valence-corrected chi connectivity index (χ4v) is 5.69. The van der Waals surface area contributed by atoms with Gasteiger partial charge in [0, 0.05) is 5.41 Å². The Balaban J connectivity index is 1.68. The maximum atomic E-state index is 13.8. The fourth-order valence-electron chi connectivity index (χ4n) is 5.69. The number of carbonyl (C=O) groups is 1. The van der Waals surface area contributed by atoms with Crippen LogP contribution < -0.4 is 10.2 Å². The minimum absolute atomic E-state index is 0.0317. The Hall–Kier alpha value is -4.66. The third-order valence-electron chi connectivity index (χ3n) is 7.90. The second-order valence-corrected chi connectivity index (χ2v) is 10.9. The predicted octanol–water partition coefficient (Wildman–Crippen LogP) is 7.70. The molecule has 5 rings (SSSR count). The van der Waals surface area contributed by atoms with Gasteiger partial charge in [0.15, 0.2) is 5.75 Å². The zero-order valence-electron chi connectivity index (χ0n) is 24.3. The first-order chi connectivity index (χ1) is 21.2. The highest BCUT2D eigenvalue weighted by Crippen LogP contribution is 2.44. The molecule has 1 heterocycles. The van der Waals surface area contributed by atoms with E-state index in [1.807, 2.05) is 60.7 Å². The van der Waals surface area contributed by atoms with Crippen molar-refractivity contribution in [2.45, 2.75) is 57.3 Å². The molecule has 0 amide bonds. The molecule has 0 unspecified atom stereocenters. The first-order valence-electron chi connectivity index (χ1n) is 14.6. The quantitative estimate of drug-likeness (QED) is 0.174. The Morgan fingerprint density at radius 1 is 0.955 bits per heavy atom. The van der Waals surface area contributed by atoms with Gasteiger partial charge in [-0.15, -0.1) is 0 Å². The molecule has 0 aliphatic heterocycles. The predicted molar refractivity (Wildman–Crippen MR) is 162 cm³/mol. The van der Waals surface area contributed by atoms with Crippen LogP contribution in [0.1, 0.15) is 71.0 Å². The van der Waals surface area contributed by atoms with Crippen LogP contribution >= 0.6 is 0 Å². The summed E-state index contributed by atoms with van der Waals surface area (Å²) in [6.07, 6.45) is 1.86. The normalized spacial score (nSPS) is 14.5. The van der Waals surface area contributed by atoms with Crippen LogP contribution in [0.15, 0.2) is 89.7 Å². The average molecular weight is 603 g/mol. The number of carbonyl (C=O) groups excluding carboxylic acids is 1. The number of halogens is 3. The molecule has 1 saturated carbocycles. The first-order valence-corrected chi connectivity index (χ1v) is 14.6. The molecule has 3 aromatic carbocycles. The van der Waals surface area contributed by atoms with E-state index in [1.165, 1.54) is 16.8 Å². The average Bonchev–Trinajstić information content (AvgIpc) is 3.51. The van der Waals surface area contributed by atoms with Gasteiger partial charge in [0.25, 0.3) is 5.43 Å². The first kappa shape index (κ1) is 30.8. The summed E-state index contributed by atoms with van der Waals surface area (Å²) in [5.74, 6) is -0.981. The Labute approximate surface area is 253 Å². The molecule has 0 spiro atoms. The summed E-state index contributed by atoms with van der Waals surface area (Å²) in [5.41, 5.74) is -0.106. The van der Waals surface area contributed by atoms with Gasteiger partial charge in [-0.1, -0.05) is 97.8 Å². The standard InChI is InChI=1S/C35H33F3N2O4/c1-2-43-33(42)30-31(41)32(44-23-26-14-7-4-8-15-26)29(19-18-25-12-5-3-6-13-25)40(39-30)24-34(20-9-10-21-34)27-16-11-17-28(22-27)35(36,37)38/h3-8,11-19,22H,2,9-10,20-21,23-24H2,1H3/b19-18+. The topological polar surface area (TPSA) is 70.4 Å². The van der Waals surface area contributed by atoms with Crippen molar-refractivity contribution in [2.75, 3.05) is 6.61 Å².